The van der Waals surface area contributed by atoms with Gasteiger partial charge in [0.2, 0.25) is 5.91 Å². The number of hydrogen-bond donors (Lipinski definition) is 3. The zero-order valence-corrected chi connectivity index (χ0v) is 11.4. The minimum absolute atomic E-state index is 0.0412. The lowest BCUT2D eigenvalue weighted by Gasteiger charge is -2.16. The molecule has 0 aliphatic heterocycles. The number of nitrogens with zero attached hydrogens (tertiary/aromatic N) is 1. The molecule has 0 aromatic heterocycles. The predicted octanol–water partition coefficient (Wildman–Crippen LogP) is 1.57. The standard InChI is InChI=1S/C14H21N3O2/c1-3-5-12(14(15)17-19)16-13(18)9-11-7-4-6-10(2)8-11/h4,6-8,12,19H,3,5,9H2,1-2H3,(H2,15,17)(H,16,18). The van der Waals surface area contributed by atoms with E-state index >= 15 is 0 Å². The van der Waals surface area contributed by atoms with Gasteiger partial charge in [0.15, 0.2) is 5.84 Å². The minimum atomic E-state index is -0.410. The molecule has 0 aliphatic rings. The maximum absolute atomic E-state index is 11.9. The van der Waals surface area contributed by atoms with E-state index in [0.29, 0.717) is 12.8 Å². The summed E-state index contributed by atoms with van der Waals surface area (Å²) in [5.74, 6) is -0.0879. The molecule has 4 N–H and O–H groups in total. The van der Waals surface area contributed by atoms with Crippen LogP contribution in [0.15, 0.2) is 29.4 Å². The van der Waals surface area contributed by atoms with E-state index < -0.39 is 6.04 Å². The summed E-state index contributed by atoms with van der Waals surface area (Å²) in [6.45, 7) is 3.96. The van der Waals surface area contributed by atoms with Gasteiger partial charge in [0, 0.05) is 0 Å². The quantitative estimate of drug-likeness (QED) is 0.315. The Morgan fingerprint density at radius 1 is 1.53 bits per heavy atom. The second-order valence-electron chi connectivity index (χ2n) is 4.60. The molecule has 0 spiro atoms. The third-order valence-corrected chi connectivity index (χ3v) is 2.83. The number of amides is 1. The van der Waals surface area contributed by atoms with Crippen LogP contribution in [0, 0.1) is 6.92 Å². The number of benzene rings is 1. The van der Waals surface area contributed by atoms with Crippen LogP contribution in [0.5, 0.6) is 0 Å². The zero-order chi connectivity index (χ0) is 14.3. The van der Waals surface area contributed by atoms with Crippen molar-refractivity contribution in [3.8, 4) is 0 Å². The van der Waals surface area contributed by atoms with E-state index in [1.165, 1.54) is 0 Å². The Balaban J connectivity index is 2.62. The van der Waals surface area contributed by atoms with Crippen molar-refractivity contribution in [2.45, 2.75) is 39.2 Å². The number of aryl methyl sites for hydroxylation is 1. The molecule has 19 heavy (non-hydrogen) atoms. The molecular formula is C14H21N3O2. The summed E-state index contributed by atoms with van der Waals surface area (Å²) in [7, 11) is 0. The molecule has 1 rings (SSSR count). The lowest BCUT2D eigenvalue weighted by Crippen LogP contribution is -2.45. The number of nitrogens with one attached hydrogen (secondary N) is 1. The van der Waals surface area contributed by atoms with Crippen molar-refractivity contribution in [3.63, 3.8) is 0 Å². The van der Waals surface area contributed by atoms with E-state index in [9.17, 15) is 4.79 Å². The Labute approximate surface area is 113 Å². The first-order chi connectivity index (χ1) is 9.06. The highest BCUT2D eigenvalue weighted by Gasteiger charge is 2.16. The number of carbonyl (C=O) groups excluding carboxylic acids is 1. The molecule has 0 aliphatic carbocycles. The molecule has 5 heteroatoms. The molecule has 0 fully saturated rings. The fourth-order valence-corrected chi connectivity index (χ4v) is 1.91. The normalized spacial score (nSPS) is 13.1. The predicted molar refractivity (Wildman–Crippen MR) is 75.1 cm³/mol. The smallest absolute Gasteiger partial charge is 0.225 e. The summed E-state index contributed by atoms with van der Waals surface area (Å²) in [4.78, 5) is 11.9. The van der Waals surface area contributed by atoms with Gasteiger partial charge < -0.3 is 16.3 Å². The monoisotopic (exact) mass is 263 g/mol. The second-order valence-corrected chi connectivity index (χ2v) is 4.60. The second kappa shape index (κ2) is 7.41. The summed E-state index contributed by atoms with van der Waals surface area (Å²) in [5.41, 5.74) is 7.62. The SMILES string of the molecule is CCCC(NC(=O)Cc1cccc(C)c1)C(N)=NO. The van der Waals surface area contributed by atoms with E-state index in [2.05, 4.69) is 10.5 Å². The fraction of sp³-hybridized carbons (Fsp3) is 0.429. The van der Waals surface area contributed by atoms with Crippen LogP contribution in [-0.2, 0) is 11.2 Å². The summed E-state index contributed by atoms with van der Waals surface area (Å²) in [6, 6.07) is 7.37. The molecule has 1 aromatic carbocycles. The topological polar surface area (TPSA) is 87.7 Å². The van der Waals surface area contributed by atoms with Crippen LogP contribution in [0.4, 0.5) is 0 Å². The first-order valence-corrected chi connectivity index (χ1v) is 6.39. The van der Waals surface area contributed by atoms with Crippen LogP contribution < -0.4 is 11.1 Å². The van der Waals surface area contributed by atoms with Crippen molar-refractivity contribution in [2.24, 2.45) is 10.9 Å². The van der Waals surface area contributed by atoms with Crippen molar-refractivity contribution >= 4 is 11.7 Å². The molecule has 1 unspecified atom stereocenters. The lowest BCUT2D eigenvalue weighted by molar-refractivity contribution is -0.120. The van der Waals surface area contributed by atoms with E-state index in [-0.39, 0.29) is 11.7 Å². The third kappa shape index (κ3) is 4.99. The van der Waals surface area contributed by atoms with Crippen LogP contribution in [0.2, 0.25) is 0 Å². The molecule has 5 nitrogen and oxygen atoms in total. The van der Waals surface area contributed by atoms with Gasteiger partial charge in [-0.3, -0.25) is 4.79 Å². The number of oxime groups is 1. The largest absolute Gasteiger partial charge is 0.409 e. The molecular weight excluding hydrogens is 242 g/mol. The number of hydrogen-bond acceptors (Lipinski definition) is 3. The Hall–Kier alpha value is -2.04. The Morgan fingerprint density at radius 3 is 2.84 bits per heavy atom. The molecule has 1 atom stereocenters. The van der Waals surface area contributed by atoms with Crippen molar-refractivity contribution < 1.29 is 10.0 Å². The van der Waals surface area contributed by atoms with Crippen LogP contribution in [-0.4, -0.2) is 23.0 Å². The van der Waals surface area contributed by atoms with Crippen LogP contribution >= 0.6 is 0 Å². The van der Waals surface area contributed by atoms with E-state index in [0.717, 1.165) is 17.5 Å². The van der Waals surface area contributed by atoms with Crippen LogP contribution in [0.1, 0.15) is 30.9 Å². The average Bonchev–Trinajstić information content (AvgIpc) is 2.37. The molecule has 1 amide bonds. The third-order valence-electron chi connectivity index (χ3n) is 2.83. The van der Waals surface area contributed by atoms with Gasteiger partial charge in [-0.05, 0) is 18.9 Å². The van der Waals surface area contributed by atoms with E-state index in [1.54, 1.807) is 0 Å². The van der Waals surface area contributed by atoms with Gasteiger partial charge in [-0.2, -0.15) is 0 Å². The fourth-order valence-electron chi connectivity index (χ4n) is 1.91. The van der Waals surface area contributed by atoms with Gasteiger partial charge in [0.25, 0.3) is 0 Å². The first kappa shape index (κ1) is 15.0. The van der Waals surface area contributed by atoms with E-state index in [1.807, 2.05) is 38.1 Å². The lowest BCUT2D eigenvalue weighted by atomic mass is 10.1. The highest BCUT2D eigenvalue weighted by Crippen LogP contribution is 2.05. The molecule has 1 aromatic rings. The zero-order valence-electron chi connectivity index (χ0n) is 11.4. The Kier molecular flexibility index (Phi) is 5.85. The maximum atomic E-state index is 11.9. The number of carbonyl (C=O) groups is 1. The molecule has 0 radical (unpaired) electrons. The Bertz CT molecular complexity index is 458. The average molecular weight is 263 g/mol. The van der Waals surface area contributed by atoms with Crippen molar-refractivity contribution in [1.29, 1.82) is 0 Å². The maximum Gasteiger partial charge on any atom is 0.225 e. The molecule has 0 saturated heterocycles. The molecule has 0 bridgehead atoms. The van der Waals surface area contributed by atoms with Crippen molar-refractivity contribution in [2.75, 3.05) is 0 Å². The summed E-state index contributed by atoms with van der Waals surface area (Å²) in [5, 5.41) is 14.4. The van der Waals surface area contributed by atoms with Gasteiger partial charge >= 0.3 is 0 Å². The molecule has 0 saturated carbocycles. The van der Waals surface area contributed by atoms with Gasteiger partial charge in [-0.15, -0.1) is 0 Å². The highest BCUT2D eigenvalue weighted by molar-refractivity contribution is 5.90. The summed E-state index contributed by atoms with van der Waals surface area (Å²) >= 11 is 0. The van der Waals surface area contributed by atoms with Gasteiger partial charge in [0.1, 0.15) is 0 Å². The van der Waals surface area contributed by atoms with E-state index in [4.69, 9.17) is 10.9 Å². The van der Waals surface area contributed by atoms with Gasteiger partial charge in [-0.25, -0.2) is 0 Å². The summed E-state index contributed by atoms with van der Waals surface area (Å²) in [6.07, 6.45) is 1.78. The Morgan fingerprint density at radius 2 is 2.26 bits per heavy atom. The van der Waals surface area contributed by atoms with Gasteiger partial charge in [0.05, 0.1) is 12.5 Å². The molecule has 104 valence electrons. The number of rotatable bonds is 6. The van der Waals surface area contributed by atoms with Gasteiger partial charge in [-0.1, -0.05) is 48.3 Å². The van der Waals surface area contributed by atoms with Crippen LogP contribution in [0.3, 0.4) is 0 Å². The molecule has 0 heterocycles. The first-order valence-electron chi connectivity index (χ1n) is 6.39. The van der Waals surface area contributed by atoms with Crippen molar-refractivity contribution in [3.05, 3.63) is 35.4 Å². The minimum Gasteiger partial charge on any atom is -0.409 e. The summed E-state index contributed by atoms with van der Waals surface area (Å²) < 4.78 is 0. The van der Waals surface area contributed by atoms with Crippen molar-refractivity contribution in [1.82, 2.24) is 5.32 Å². The highest BCUT2D eigenvalue weighted by atomic mass is 16.4. The number of amidine groups is 1. The number of nitrogens with two attached hydrogens (primary N) is 1. The van der Waals surface area contributed by atoms with Crippen LogP contribution in [0.25, 0.3) is 0 Å².